The van der Waals surface area contributed by atoms with Crippen LogP contribution in [-0.4, -0.2) is 21.7 Å². The maximum Gasteiger partial charge on any atom is 0.274 e. The predicted molar refractivity (Wildman–Crippen MR) is 110 cm³/mol. The molecule has 0 aliphatic carbocycles. The largest absolute Gasteiger partial charge is 0.324 e. The third-order valence-electron chi connectivity index (χ3n) is 4.11. The zero-order valence-corrected chi connectivity index (χ0v) is 16.3. The van der Waals surface area contributed by atoms with Crippen LogP contribution in [0.1, 0.15) is 44.6 Å². The molecular weight excluding hydrogens is 352 g/mol. The number of hydrogen-bond acceptors (Lipinski definition) is 5. The average molecular weight is 374 g/mol. The average Bonchev–Trinajstić information content (AvgIpc) is 2.60. The minimum atomic E-state index is -0.300. The number of anilines is 3. The van der Waals surface area contributed by atoms with Crippen molar-refractivity contribution in [3.05, 3.63) is 76.6 Å². The topological polar surface area (TPSA) is 84.0 Å². The van der Waals surface area contributed by atoms with E-state index >= 15 is 0 Å². The summed E-state index contributed by atoms with van der Waals surface area (Å²) in [6.07, 6.45) is 0. The monoisotopic (exact) mass is 374 g/mol. The first-order valence-corrected chi connectivity index (χ1v) is 8.93. The van der Waals surface area contributed by atoms with E-state index in [2.05, 4.69) is 20.6 Å². The molecule has 1 aromatic heterocycles. The fraction of sp³-hybridized carbons (Fsp3) is 0.182. The van der Waals surface area contributed by atoms with E-state index in [1.165, 1.54) is 6.92 Å². The minimum absolute atomic E-state index is 0.00342. The predicted octanol–water partition coefficient (Wildman–Crippen LogP) is 4.60. The van der Waals surface area contributed by atoms with Gasteiger partial charge < -0.3 is 10.6 Å². The van der Waals surface area contributed by atoms with E-state index in [0.717, 1.165) is 22.5 Å². The Balaban J connectivity index is 1.80. The number of nitrogens with zero attached hydrogens (tertiary/aromatic N) is 2. The molecule has 0 fully saturated rings. The number of rotatable bonds is 5. The van der Waals surface area contributed by atoms with Gasteiger partial charge in [-0.1, -0.05) is 6.07 Å². The van der Waals surface area contributed by atoms with Crippen molar-refractivity contribution in [1.29, 1.82) is 0 Å². The number of hydrogen-bond donors (Lipinski definition) is 2. The van der Waals surface area contributed by atoms with Crippen molar-refractivity contribution in [2.45, 2.75) is 27.7 Å². The van der Waals surface area contributed by atoms with Crippen LogP contribution in [0.25, 0.3) is 0 Å². The van der Waals surface area contributed by atoms with Crippen molar-refractivity contribution in [2.75, 3.05) is 10.6 Å². The third kappa shape index (κ3) is 4.79. The van der Waals surface area contributed by atoms with Gasteiger partial charge in [0.1, 0.15) is 5.69 Å². The van der Waals surface area contributed by atoms with Crippen LogP contribution in [0.15, 0.2) is 48.5 Å². The van der Waals surface area contributed by atoms with Gasteiger partial charge in [-0.2, -0.15) is 0 Å². The molecule has 0 saturated heterocycles. The lowest BCUT2D eigenvalue weighted by atomic mass is 10.1. The summed E-state index contributed by atoms with van der Waals surface area (Å²) < 4.78 is 0. The number of aryl methyl sites for hydroxylation is 3. The second-order valence-corrected chi connectivity index (χ2v) is 6.81. The number of ketones is 1. The van der Waals surface area contributed by atoms with Crippen LogP contribution < -0.4 is 10.6 Å². The van der Waals surface area contributed by atoms with Crippen molar-refractivity contribution in [2.24, 2.45) is 0 Å². The molecule has 3 rings (SSSR count). The summed E-state index contributed by atoms with van der Waals surface area (Å²) in [7, 11) is 0. The SMILES string of the molecule is CC(=O)c1ccc(Nc2nc(C)cc(C(=O)Nc3cc(C)cc(C)c3)n2)cc1. The van der Waals surface area contributed by atoms with E-state index in [1.807, 2.05) is 32.0 Å². The van der Waals surface area contributed by atoms with Crippen LogP contribution in [0, 0.1) is 20.8 Å². The fourth-order valence-electron chi connectivity index (χ4n) is 2.90. The molecule has 6 nitrogen and oxygen atoms in total. The van der Waals surface area contributed by atoms with Gasteiger partial charge in [0.05, 0.1) is 0 Å². The van der Waals surface area contributed by atoms with Crippen LogP contribution in [0.5, 0.6) is 0 Å². The Bertz CT molecular complexity index is 1020. The lowest BCUT2D eigenvalue weighted by Crippen LogP contribution is -2.15. The maximum atomic E-state index is 12.6. The van der Waals surface area contributed by atoms with Gasteiger partial charge in [-0.05, 0) is 81.3 Å². The zero-order valence-electron chi connectivity index (χ0n) is 16.3. The summed E-state index contributed by atoms with van der Waals surface area (Å²) in [6.45, 7) is 7.29. The van der Waals surface area contributed by atoms with Crippen molar-refractivity contribution in [3.63, 3.8) is 0 Å². The summed E-state index contributed by atoms with van der Waals surface area (Å²) >= 11 is 0. The quantitative estimate of drug-likeness (QED) is 0.638. The highest BCUT2D eigenvalue weighted by molar-refractivity contribution is 6.03. The number of nitrogens with one attached hydrogen (secondary N) is 2. The van der Waals surface area contributed by atoms with Crippen LogP contribution in [-0.2, 0) is 0 Å². The molecular formula is C22H22N4O2. The molecule has 0 radical (unpaired) electrons. The molecule has 1 amide bonds. The van der Waals surface area contributed by atoms with E-state index in [9.17, 15) is 9.59 Å². The van der Waals surface area contributed by atoms with Crippen LogP contribution in [0.4, 0.5) is 17.3 Å². The Hall–Kier alpha value is -3.54. The Morgan fingerprint density at radius 3 is 2.07 bits per heavy atom. The number of Topliss-reactive ketones (excluding diaryl/α,β-unsaturated/α-hetero) is 1. The van der Waals surface area contributed by atoms with E-state index in [1.54, 1.807) is 37.3 Å². The maximum absolute atomic E-state index is 12.6. The molecule has 2 aromatic carbocycles. The fourth-order valence-corrected chi connectivity index (χ4v) is 2.90. The van der Waals surface area contributed by atoms with E-state index in [0.29, 0.717) is 17.2 Å². The van der Waals surface area contributed by atoms with Crippen molar-refractivity contribution >= 4 is 29.0 Å². The summed E-state index contributed by atoms with van der Waals surface area (Å²) in [5.74, 6) is 0.0234. The highest BCUT2D eigenvalue weighted by atomic mass is 16.2. The molecule has 0 atom stereocenters. The molecule has 0 aliphatic heterocycles. The number of amides is 1. The normalized spacial score (nSPS) is 10.4. The third-order valence-corrected chi connectivity index (χ3v) is 4.11. The highest BCUT2D eigenvalue weighted by Gasteiger charge is 2.12. The Morgan fingerprint density at radius 1 is 0.821 bits per heavy atom. The first-order valence-electron chi connectivity index (χ1n) is 8.93. The summed E-state index contributed by atoms with van der Waals surface area (Å²) in [5.41, 5.74) is 5.18. The second-order valence-electron chi connectivity index (χ2n) is 6.81. The van der Waals surface area contributed by atoms with Gasteiger partial charge in [-0.3, -0.25) is 9.59 Å². The molecule has 0 aliphatic rings. The van der Waals surface area contributed by atoms with Gasteiger partial charge in [0.25, 0.3) is 5.91 Å². The van der Waals surface area contributed by atoms with Gasteiger partial charge in [-0.15, -0.1) is 0 Å². The second kappa shape index (κ2) is 8.00. The highest BCUT2D eigenvalue weighted by Crippen LogP contribution is 2.17. The standard InChI is InChI=1S/C22H22N4O2/c1-13-9-14(2)11-19(10-13)24-21(28)20-12-15(3)23-22(26-20)25-18-7-5-17(6-8-18)16(4)27/h5-12H,1-4H3,(H,24,28)(H,23,25,26). The number of carbonyl (C=O) groups excluding carboxylic acids is 2. The van der Waals surface area contributed by atoms with Gasteiger partial charge in [-0.25, -0.2) is 9.97 Å². The summed E-state index contributed by atoms with van der Waals surface area (Å²) in [5, 5.41) is 5.96. The molecule has 3 aromatic rings. The molecule has 28 heavy (non-hydrogen) atoms. The molecule has 0 bridgehead atoms. The smallest absolute Gasteiger partial charge is 0.274 e. The molecule has 2 N–H and O–H groups in total. The Morgan fingerprint density at radius 2 is 1.46 bits per heavy atom. The zero-order chi connectivity index (χ0) is 20.3. The van der Waals surface area contributed by atoms with E-state index in [4.69, 9.17) is 0 Å². The van der Waals surface area contributed by atoms with Crippen LogP contribution in [0.3, 0.4) is 0 Å². The lowest BCUT2D eigenvalue weighted by Gasteiger charge is -2.10. The summed E-state index contributed by atoms with van der Waals surface area (Å²) in [4.78, 5) is 32.7. The van der Waals surface area contributed by atoms with E-state index in [-0.39, 0.29) is 17.4 Å². The van der Waals surface area contributed by atoms with E-state index < -0.39 is 0 Å². The first-order chi connectivity index (χ1) is 13.3. The summed E-state index contributed by atoms with van der Waals surface area (Å²) in [6, 6.07) is 14.5. The van der Waals surface area contributed by atoms with Crippen molar-refractivity contribution in [3.8, 4) is 0 Å². The molecule has 142 valence electrons. The first kappa shape index (κ1) is 19.2. The van der Waals surface area contributed by atoms with Crippen molar-refractivity contribution < 1.29 is 9.59 Å². The van der Waals surface area contributed by atoms with Crippen molar-refractivity contribution in [1.82, 2.24) is 9.97 Å². The lowest BCUT2D eigenvalue weighted by molar-refractivity contribution is 0.101. The molecule has 1 heterocycles. The van der Waals surface area contributed by atoms with Gasteiger partial charge in [0, 0.05) is 22.6 Å². The molecule has 0 spiro atoms. The molecule has 6 heteroatoms. The van der Waals surface area contributed by atoms with Gasteiger partial charge in [0.2, 0.25) is 5.95 Å². The van der Waals surface area contributed by atoms with Gasteiger partial charge in [0.15, 0.2) is 5.78 Å². The number of aromatic nitrogens is 2. The van der Waals surface area contributed by atoms with Gasteiger partial charge >= 0.3 is 0 Å². The molecule has 0 unspecified atom stereocenters. The minimum Gasteiger partial charge on any atom is -0.324 e. The van der Waals surface area contributed by atoms with Crippen LogP contribution in [0.2, 0.25) is 0 Å². The Kier molecular flexibility index (Phi) is 5.49. The van der Waals surface area contributed by atoms with Crippen LogP contribution >= 0.6 is 0 Å². The molecule has 0 saturated carbocycles. The Labute approximate surface area is 164 Å². The number of benzene rings is 2. The number of carbonyl (C=O) groups is 2.